The van der Waals surface area contributed by atoms with E-state index in [1.54, 1.807) is 0 Å². The Labute approximate surface area is 177 Å². The van der Waals surface area contributed by atoms with Crippen LogP contribution in [0.4, 0.5) is 19.0 Å². The predicted octanol–water partition coefficient (Wildman–Crippen LogP) is 2.37. The van der Waals surface area contributed by atoms with Crippen molar-refractivity contribution in [3.8, 4) is 0 Å². The second-order valence-electron chi connectivity index (χ2n) is 7.34. The molecule has 2 aromatic heterocycles. The first-order chi connectivity index (χ1) is 14.6. The Kier molecular flexibility index (Phi) is 8.72. The quantitative estimate of drug-likeness (QED) is 0.697. The highest BCUT2D eigenvalue weighted by Gasteiger charge is 2.38. The van der Waals surface area contributed by atoms with Gasteiger partial charge in [-0.2, -0.15) is 13.2 Å². The highest BCUT2D eigenvalue weighted by Crippen LogP contribution is 2.26. The molecule has 2 N–H and O–H groups in total. The summed E-state index contributed by atoms with van der Waals surface area (Å²) in [6, 6.07) is 0. The molecule has 0 amide bonds. The number of aromatic nitrogens is 5. The normalized spacial score (nSPS) is 14.8. The van der Waals surface area contributed by atoms with Crippen LogP contribution in [0.1, 0.15) is 43.3 Å². The monoisotopic (exact) mass is 444 g/mol. The number of alkyl halides is 3. The average Bonchev–Trinajstić information content (AvgIpc) is 3.17. The van der Waals surface area contributed by atoms with E-state index in [2.05, 4.69) is 27.1 Å². The first-order valence-electron chi connectivity index (χ1n) is 10.0. The summed E-state index contributed by atoms with van der Waals surface area (Å²) in [6.07, 6.45) is 3.10. The first-order valence-corrected chi connectivity index (χ1v) is 10.0. The molecule has 12 heteroatoms. The number of carboxylic acid groups (broad SMARTS) is 1. The van der Waals surface area contributed by atoms with E-state index < -0.39 is 12.1 Å². The number of aliphatic carboxylic acids is 1. The third kappa shape index (κ3) is 7.46. The molecular weight excluding hydrogens is 417 g/mol. The van der Waals surface area contributed by atoms with E-state index >= 15 is 0 Å². The molecule has 3 heterocycles. The molecule has 1 aliphatic rings. The lowest BCUT2D eigenvalue weighted by atomic mass is 9.96. The van der Waals surface area contributed by atoms with Crippen molar-refractivity contribution in [2.75, 3.05) is 18.0 Å². The van der Waals surface area contributed by atoms with E-state index in [9.17, 15) is 13.2 Å². The summed E-state index contributed by atoms with van der Waals surface area (Å²) < 4.78 is 33.6. The molecule has 0 aliphatic carbocycles. The summed E-state index contributed by atoms with van der Waals surface area (Å²) >= 11 is 0. The molecule has 1 saturated heterocycles. The van der Waals surface area contributed by atoms with Crippen molar-refractivity contribution in [3.63, 3.8) is 0 Å². The van der Waals surface area contributed by atoms with Gasteiger partial charge in [0.1, 0.15) is 17.3 Å². The van der Waals surface area contributed by atoms with Crippen LogP contribution in [0, 0.1) is 12.8 Å². The van der Waals surface area contributed by atoms with Gasteiger partial charge in [0.2, 0.25) is 0 Å². The molecule has 1 fully saturated rings. The fraction of sp³-hybridized carbons (Fsp3) is 0.632. The van der Waals surface area contributed by atoms with Crippen molar-refractivity contribution in [1.82, 2.24) is 25.0 Å². The van der Waals surface area contributed by atoms with Gasteiger partial charge < -0.3 is 15.1 Å². The lowest BCUT2D eigenvalue weighted by Crippen LogP contribution is -2.36. The largest absolute Gasteiger partial charge is 0.490 e. The number of rotatable bonds is 6. The van der Waals surface area contributed by atoms with Crippen LogP contribution in [0.25, 0.3) is 0 Å². The summed E-state index contributed by atoms with van der Waals surface area (Å²) in [7, 11) is 0. The number of aliphatic hydroxyl groups is 1. The number of anilines is 1. The molecule has 0 bridgehead atoms. The Morgan fingerprint density at radius 3 is 2.45 bits per heavy atom. The molecule has 0 unspecified atom stereocenters. The Bertz CT molecular complexity index is 851. The molecule has 31 heavy (non-hydrogen) atoms. The molecule has 0 aromatic carbocycles. The average molecular weight is 444 g/mol. The second-order valence-corrected chi connectivity index (χ2v) is 7.34. The number of nitrogens with zero attached hydrogens (tertiary/aromatic N) is 6. The third-order valence-electron chi connectivity index (χ3n) is 4.83. The molecule has 0 spiro atoms. The number of hydrogen-bond acceptors (Lipinski definition) is 7. The van der Waals surface area contributed by atoms with Gasteiger partial charge in [-0.05, 0) is 32.1 Å². The van der Waals surface area contributed by atoms with Gasteiger partial charge >= 0.3 is 12.1 Å². The summed E-state index contributed by atoms with van der Waals surface area (Å²) in [5.41, 5.74) is 1.89. The Balaban J connectivity index is 0.000000423. The van der Waals surface area contributed by atoms with Gasteiger partial charge in [0.15, 0.2) is 0 Å². The van der Waals surface area contributed by atoms with E-state index in [-0.39, 0.29) is 6.61 Å². The summed E-state index contributed by atoms with van der Waals surface area (Å²) in [5, 5.41) is 24.2. The summed E-state index contributed by atoms with van der Waals surface area (Å²) in [5.74, 6) is -0.211. The van der Waals surface area contributed by atoms with Gasteiger partial charge in [0, 0.05) is 31.4 Å². The number of aliphatic hydroxyl groups excluding tert-OH is 1. The minimum atomic E-state index is -5.08. The zero-order chi connectivity index (χ0) is 23.0. The van der Waals surface area contributed by atoms with Crippen LogP contribution < -0.4 is 4.90 Å². The maximum absolute atomic E-state index is 10.6. The number of carbonyl (C=O) groups is 1. The van der Waals surface area contributed by atoms with Crippen molar-refractivity contribution >= 4 is 11.8 Å². The number of aryl methyl sites for hydroxylation is 2. The Morgan fingerprint density at radius 1 is 1.29 bits per heavy atom. The third-order valence-corrected chi connectivity index (χ3v) is 4.83. The fourth-order valence-corrected chi connectivity index (χ4v) is 3.29. The van der Waals surface area contributed by atoms with Crippen LogP contribution in [0.5, 0.6) is 0 Å². The zero-order valence-corrected chi connectivity index (χ0v) is 17.5. The molecule has 3 rings (SSSR count). The van der Waals surface area contributed by atoms with Crippen LogP contribution >= 0.6 is 0 Å². The molecule has 0 saturated carbocycles. The van der Waals surface area contributed by atoms with Gasteiger partial charge in [-0.3, -0.25) is 4.68 Å². The van der Waals surface area contributed by atoms with Crippen molar-refractivity contribution in [1.29, 1.82) is 0 Å². The van der Waals surface area contributed by atoms with Crippen LogP contribution in [0.3, 0.4) is 0 Å². The van der Waals surface area contributed by atoms with Crippen LogP contribution in [-0.4, -0.2) is 60.4 Å². The molecule has 172 valence electrons. The molecule has 1 aliphatic heterocycles. The fourth-order valence-electron chi connectivity index (χ4n) is 3.29. The first kappa shape index (κ1) is 24.5. The van der Waals surface area contributed by atoms with Crippen molar-refractivity contribution in [3.05, 3.63) is 29.5 Å². The van der Waals surface area contributed by atoms with Crippen molar-refractivity contribution < 1.29 is 28.2 Å². The van der Waals surface area contributed by atoms with E-state index in [1.165, 1.54) is 5.56 Å². The van der Waals surface area contributed by atoms with Gasteiger partial charge in [0.25, 0.3) is 0 Å². The van der Waals surface area contributed by atoms with Gasteiger partial charge in [-0.25, -0.2) is 14.8 Å². The van der Waals surface area contributed by atoms with Gasteiger partial charge in [0.05, 0.1) is 12.8 Å². The number of hydrogen-bond donors (Lipinski definition) is 2. The van der Waals surface area contributed by atoms with Crippen LogP contribution in [0.15, 0.2) is 12.4 Å². The molecule has 0 atom stereocenters. The topological polar surface area (TPSA) is 117 Å². The number of halogens is 3. The summed E-state index contributed by atoms with van der Waals surface area (Å²) in [4.78, 5) is 20.4. The van der Waals surface area contributed by atoms with E-state index in [1.807, 2.05) is 24.0 Å². The zero-order valence-electron chi connectivity index (χ0n) is 17.5. The lowest BCUT2D eigenvalue weighted by molar-refractivity contribution is -0.192. The highest BCUT2D eigenvalue weighted by molar-refractivity contribution is 5.73. The SMILES string of the molecule is CCCc1cnc(C)nc1N1CCC(Cn2cc(CO)nn2)CC1.O=C(O)C(F)(F)F. The van der Waals surface area contributed by atoms with Crippen LogP contribution in [-0.2, 0) is 24.4 Å². The maximum atomic E-state index is 10.6. The highest BCUT2D eigenvalue weighted by atomic mass is 19.4. The number of carboxylic acids is 1. The molecule has 2 aromatic rings. The molecule has 0 radical (unpaired) electrons. The van der Waals surface area contributed by atoms with E-state index in [0.29, 0.717) is 11.6 Å². The maximum Gasteiger partial charge on any atom is 0.490 e. The van der Waals surface area contributed by atoms with Gasteiger partial charge in [-0.15, -0.1) is 5.10 Å². The molecule has 9 nitrogen and oxygen atoms in total. The Morgan fingerprint density at radius 2 is 1.94 bits per heavy atom. The smallest absolute Gasteiger partial charge is 0.475 e. The summed E-state index contributed by atoms with van der Waals surface area (Å²) in [6.45, 7) is 6.99. The second kappa shape index (κ2) is 11.0. The van der Waals surface area contributed by atoms with Crippen molar-refractivity contribution in [2.24, 2.45) is 5.92 Å². The standard InChI is InChI=1S/C17H26N6O.C2HF3O2/c1-3-4-15-9-18-13(2)19-17(15)22-7-5-14(6-8-22)10-23-11-16(12-24)20-21-23;3-2(4,5)1(6)7/h9,11,14,24H,3-8,10,12H2,1-2H3;(H,6,7). The minimum Gasteiger partial charge on any atom is -0.475 e. The lowest BCUT2D eigenvalue weighted by Gasteiger charge is -2.33. The molecular formula is C19H27F3N6O3. The predicted molar refractivity (Wildman–Crippen MR) is 105 cm³/mol. The van der Waals surface area contributed by atoms with Crippen molar-refractivity contribution in [2.45, 2.75) is 58.9 Å². The number of piperidine rings is 1. The van der Waals surface area contributed by atoms with Gasteiger partial charge in [-0.1, -0.05) is 18.6 Å². The van der Waals surface area contributed by atoms with E-state index in [4.69, 9.17) is 20.0 Å². The van der Waals surface area contributed by atoms with E-state index in [0.717, 1.165) is 57.0 Å². The minimum absolute atomic E-state index is 0.0499. The Hall–Kier alpha value is -2.76. The van der Waals surface area contributed by atoms with Crippen LogP contribution in [0.2, 0.25) is 0 Å².